The number of ether oxygens (including phenoxy) is 1. The predicted octanol–water partition coefficient (Wildman–Crippen LogP) is 4.60. The molecule has 2 atom stereocenters. The van der Waals surface area contributed by atoms with Crippen molar-refractivity contribution >= 4 is 23.4 Å². The monoisotopic (exact) mass is 393 g/mol. The first-order valence-corrected chi connectivity index (χ1v) is 9.45. The molecule has 0 saturated carbocycles. The number of aromatic nitrogens is 3. The largest absolute Gasteiger partial charge is 0.354 e. The van der Waals surface area contributed by atoms with Crippen molar-refractivity contribution in [3.8, 4) is 0 Å². The third kappa shape index (κ3) is 2.90. The van der Waals surface area contributed by atoms with Gasteiger partial charge in [-0.25, -0.2) is 18.4 Å². The summed E-state index contributed by atoms with van der Waals surface area (Å²) in [5.41, 5.74) is 0.436. The summed E-state index contributed by atoms with van der Waals surface area (Å²) < 4.78 is 35.0. The van der Waals surface area contributed by atoms with Gasteiger partial charge in [-0.1, -0.05) is 47.6 Å². The van der Waals surface area contributed by atoms with Gasteiger partial charge in [0, 0.05) is 10.6 Å². The van der Waals surface area contributed by atoms with Crippen molar-refractivity contribution in [1.82, 2.24) is 14.8 Å². The zero-order valence-electron chi connectivity index (χ0n) is 13.7. The fourth-order valence-electron chi connectivity index (χ4n) is 3.11. The molecule has 0 radical (unpaired) electrons. The number of halogens is 3. The summed E-state index contributed by atoms with van der Waals surface area (Å²) in [7, 11) is 0. The number of benzene rings is 2. The fourth-order valence-corrected chi connectivity index (χ4v) is 3.82. The van der Waals surface area contributed by atoms with Crippen LogP contribution in [-0.2, 0) is 16.9 Å². The van der Waals surface area contributed by atoms with Crippen LogP contribution in [0.15, 0.2) is 53.9 Å². The Morgan fingerprint density at radius 3 is 2.77 bits per heavy atom. The first-order chi connectivity index (χ1) is 12.5. The lowest BCUT2D eigenvalue weighted by atomic mass is 9.91. The van der Waals surface area contributed by atoms with Crippen LogP contribution in [-0.4, -0.2) is 21.0 Å². The van der Waals surface area contributed by atoms with Crippen LogP contribution in [0.1, 0.15) is 17.2 Å². The normalized spacial score (nSPS) is 21.8. The lowest BCUT2D eigenvalue weighted by molar-refractivity contribution is 0.255. The highest BCUT2D eigenvalue weighted by molar-refractivity contribution is 7.98. The van der Waals surface area contributed by atoms with Crippen LogP contribution in [0.4, 0.5) is 8.78 Å². The minimum Gasteiger partial charge on any atom is -0.354 e. The standard InChI is InChI=1S/C18H14ClF2N3OS/c1-26-17-22-10-23-24(17)9-18(11-6-7-14(20)15(21)8-11)16(25-18)12-4-2-3-5-13(12)19/h2-8,10,16H,9H2,1H3. The van der Waals surface area contributed by atoms with Crippen molar-refractivity contribution in [3.05, 3.63) is 76.6 Å². The first-order valence-electron chi connectivity index (χ1n) is 7.85. The van der Waals surface area contributed by atoms with Crippen molar-refractivity contribution in [1.29, 1.82) is 0 Å². The number of nitrogens with zero attached hydrogens (tertiary/aromatic N) is 3. The van der Waals surface area contributed by atoms with Crippen LogP contribution in [0.2, 0.25) is 5.02 Å². The Morgan fingerprint density at radius 1 is 1.23 bits per heavy atom. The van der Waals surface area contributed by atoms with Crippen LogP contribution in [0, 0.1) is 11.6 Å². The first kappa shape index (κ1) is 17.5. The van der Waals surface area contributed by atoms with Crippen molar-refractivity contribution in [3.63, 3.8) is 0 Å². The van der Waals surface area contributed by atoms with E-state index in [9.17, 15) is 8.78 Å². The molecule has 3 aromatic rings. The highest BCUT2D eigenvalue weighted by Gasteiger charge is 2.60. The Hall–Kier alpha value is -1.96. The molecule has 0 spiro atoms. The Kier molecular flexibility index (Phi) is 4.46. The molecule has 2 unspecified atom stereocenters. The number of hydrogen-bond donors (Lipinski definition) is 0. The highest BCUT2D eigenvalue weighted by Crippen LogP contribution is 2.59. The highest BCUT2D eigenvalue weighted by atomic mass is 35.5. The van der Waals surface area contributed by atoms with E-state index in [4.69, 9.17) is 16.3 Å². The zero-order chi connectivity index (χ0) is 18.3. The van der Waals surface area contributed by atoms with Gasteiger partial charge in [0.2, 0.25) is 0 Å². The van der Waals surface area contributed by atoms with E-state index in [1.165, 1.54) is 30.2 Å². The molecule has 1 aliphatic heterocycles. The van der Waals surface area contributed by atoms with Gasteiger partial charge in [0.25, 0.3) is 0 Å². The number of epoxide rings is 1. The van der Waals surface area contributed by atoms with Crippen LogP contribution in [0.5, 0.6) is 0 Å². The SMILES string of the molecule is CSc1ncnn1CC1(c2ccc(F)c(F)c2)OC1c1ccccc1Cl. The van der Waals surface area contributed by atoms with Gasteiger partial charge >= 0.3 is 0 Å². The molecule has 1 fully saturated rings. The van der Waals surface area contributed by atoms with Crippen LogP contribution in [0.25, 0.3) is 0 Å². The maximum absolute atomic E-state index is 13.9. The summed E-state index contributed by atoms with van der Waals surface area (Å²) in [5, 5.41) is 5.50. The Balaban J connectivity index is 1.78. The summed E-state index contributed by atoms with van der Waals surface area (Å²) in [6, 6.07) is 11.1. The molecule has 4 rings (SSSR count). The van der Waals surface area contributed by atoms with Gasteiger partial charge in [0.05, 0.1) is 6.54 Å². The van der Waals surface area contributed by atoms with Gasteiger partial charge in [0.15, 0.2) is 16.8 Å². The van der Waals surface area contributed by atoms with Crippen molar-refractivity contribution in [2.75, 3.05) is 6.26 Å². The van der Waals surface area contributed by atoms with Crippen molar-refractivity contribution in [2.45, 2.75) is 23.4 Å². The van der Waals surface area contributed by atoms with E-state index in [0.717, 1.165) is 11.6 Å². The lowest BCUT2D eigenvalue weighted by Crippen LogP contribution is -2.21. The summed E-state index contributed by atoms with van der Waals surface area (Å²) >= 11 is 7.76. The second-order valence-corrected chi connectivity index (χ2v) is 7.12. The van der Waals surface area contributed by atoms with Crippen LogP contribution in [0.3, 0.4) is 0 Å². The molecule has 0 bridgehead atoms. The summed E-state index contributed by atoms with van der Waals surface area (Å²) in [4.78, 5) is 4.19. The van der Waals surface area contributed by atoms with Crippen LogP contribution < -0.4 is 0 Å². The molecular weight excluding hydrogens is 380 g/mol. The van der Waals surface area contributed by atoms with Crippen molar-refractivity contribution in [2.24, 2.45) is 0 Å². The van der Waals surface area contributed by atoms with E-state index in [0.29, 0.717) is 22.3 Å². The third-order valence-electron chi connectivity index (χ3n) is 4.44. The second-order valence-electron chi connectivity index (χ2n) is 5.94. The molecular formula is C18H14ClF2N3OS. The van der Waals surface area contributed by atoms with Gasteiger partial charge in [-0.3, -0.25) is 0 Å². The summed E-state index contributed by atoms with van der Waals surface area (Å²) in [6.45, 7) is 0.310. The molecule has 2 heterocycles. The molecule has 0 aliphatic carbocycles. The van der Waals surface area contributed by atoms with E-state index in [2.05, 4.69) is 10.1 Å². The fraction of sp³-hybridized carbons (Fsp3) is 0.222. The maximum atomic E-state index is 13.9. The van der Waals surface area contributed by atoms with Gasteiger partial charge in [-0.05, 0) is 30.0 Å². The Bertz CT molecular complexity index is 967. The third-order valence-corrected chi connectivity index (χ3v) is 5.46. The van der Waals surface area contributed by atoms with E-state index in [1.54, 1.807) is 10.7 Å². The summed E-state index contributed by atoms with van der Waals surface area (Å²) in [5.74, 6) is -1.82. The molecule has 0 N–H and O–H groups in total. The summed E-state index contributed by atoms with van der Waals surface area (Å²) in [6.07, 6.45) is 2.96. The molecule has 1 aliphatic rings. The molecule has 4 nitrogen and oxygen atoms in total. The lowest BCUT2D eigenvalue weighted by Gasteiger charge is -2.16. The number of thioether (sulfide) groups is 1. The molecule has 1 aromatic heterocycles. The number of rotatable bonds is 5. The van der Waals surface area contributed by atoms with Crippen LogP contribution >= 0.6 is 23.4 Å². The molecule has 2 aromatic carbocycles. The quantitative estimate of drug-likeness (QED) is 0.469. The van der Waals surface area contributed by atoms with E-state index >= 15 is 0 Å². The minimum atomic E-state index is -0.918. The van der Waals surface area contributed by atoms with Gasteiger partial charge in [-0.15, -0.1) is 0 Å². The average molecular weight is 394 g/mol. The van der Waals surface area contributed by atoms with E-state index in [1.807, 2.05) is 24.5 Å². The maximum Gasteiger partial charge on any atom is 0.185 e. The van der Waals surface area contributed by atoms with Crippen molar-refractivity contribution < 1.29 is 13.5 Å². The predicted molar refractivity (Wildman–Crippen MR) is 95.1 cm³/mol. The van der Waals surface area contributed by atoms with Gasteiger partial charge in [-0.2, -0.15) is 5.10 Å². The minimum absolute atomic E-state index is 0.310. The average Bonchev–Trinajstić information content (AvgIpc) is 3.17. The molecule has 134 valence electrons. The Morgan fingerprint density at radius 2 is 2.04 bits per heavy atom. The Labute approximate surface area is 158 Å². The van der Waals surface area contributed by atoms with E-state index < -0.39 is 17.2 Å². The molecule has 1 saturated heterocycles. The van der Waals surface area contributed by atoms with Gasteiger partial charge < -0.3 is 4.74 Å². The molecule has 26 heavy (non-hydrogen) atoms. The topological polar surface area (TPSA) is 43.2 Å². The zero-order valence-corrected chi connectivity index (χ0v) is 15.3. The number of hydrogen-bond acceptors (Lipinski definition) is 4. The molecule has 0 amide bonds. The van der Waals surface area contributed by atoms with Gasteiger partial charge in [0.1, 0.15) is 18.0 Å². The van der Waals surface area contributed by atoms with E-state index in [-0.39, 0.29) is 6.10 Å². The second kappa shape index (κ2) is 6.64. The smallest absolute Gasteiger partial charge is 0.185 e. The molecule has 8 heteroatoms.